The van der Waals surface area contributed by atoms with E-state index in [1.165, 1.54) is 11.3 Å². The highest BCUT2D eigenvalue weighted by atomic mass is 32.1. The Morgan fingerprint density at radius 3 is 3.16 bits per heavy atom. The van der Waals surface area contributed by atoms with Crippen LogP contribution in [0.4, 0.5) is 0 Å². The van der Waals surface area contributed by atoms with Gasteiger partial charge in [0.1, 0.15) is 4.88 Å². The van der Waals surface area contributed by atoms with Crippen molar-refractivity contribution < 1.29 is 9.32 Å². The molecule has 0 N–H and O–H groups in total. The third-order valence-corrected chi connectivity index (χ3v) is 6.06. The van der Waals surface area contributed by atoms with Gasteiger partial charge in [0.25, 0.3) is 5.91 Å². The van der Waals surface area contributed by atoms with Gasteiger partial charge in [-0.15, -0.1) is 11.3 Å². The van der Waals surface area contributed by atoms with Crippen LogP contribution in [-0.2, 0) is 6.42 Å². The molecule has 130 valence electrons. The number of aryl methyl sites for hydroxylation is 1. The van der Waals surface area contributed by atoms with Crippen LogP contribution in [0.25, 0.3) is 11.4 Å². The summed E-state index contributed by atoms with van der Waals surface area (Å²) in [5.41, 5.74) is 3.53. The van der Waals surface area contributed by atoms with Gasteiger partial charge in [0.05, 0.1) is 11.2 Å². The first-order valence-corrected chi connectivity index (χ1v) is 10.1. The molecule has 1 amide bonds. The normalized spacial score (nSPS) is 17.8. The SMILES string of the molecule is Cc1ncsc1C(=O)N1CCC[C@H](Cc2nc(-c3ccsc3)no2)C1. The van der Waals surface area contributed by atoms with Gasteiger partial charge in [-0.05, 0) is 37.1 Å². The molecule has 1 saturated heterocycles. The molecule has 4 heterocycles. The number of nitrogens with zero attached hydrogens (tertiary/aromatic N) is 4. The second-order valence-corrected chi connectivity index (χ2v) is 7.89. The summed E-state index contributed by atoms with van der Waals surface area (Å²) in [4.78, 5) is 24.1. The molecule has 0 aliphatic carbocycles. The fraction of sp³-hybridized carbons (Fsp3) is 0.412. The summed E-state index contributed by atoms with van der Waals surface area (Å²) in [6.45, 7) is 3.42. The summed E-state index contributed by atoms with van der Waals surface area (Å²) in [7, 11) is 0. The fourth-order valence-corrected chi connectivity index (χ4v) is 4.56. The zero-order valence-electron chi connectivity index (χ0n) is 13.8. The van der Waals surface area contributed by atoms with Gasteiger partial charge in [-0.1, -0.05) is 5.16 Å². The van der Waals surface area contributed by atoms with Crippen LogP contribution in [0.15, 0.2) is 26.9 Å². The van der Waals surface area contributed by atoms with Gasteiger partial charge in [0, 0.05) is 30.5 Å². The molecule has 4 rings (SSSR count). The lowest BCUT2D eigenvalue weighted by molar-refractivity contribution is 0.0672. The van der Waals surface area contributed by atoms with Crippen LogP contribution in [-0.4, -0.2) is 39.0 Å². The van der Waals surface area contributed by atoms with Crippen LogP contribution < -0.4 is 0 Å². The maximum atomic E-state index is 12.7. The van der Waals surface area contributed by atoms with E-state index in [4.69, 9.17) is 4.52 Å². The summed E-state index contributed by atoms with van der Waals surface area (Å²) in [6.07, 6.45) is 2.78. The van der Waals surface area contributed by atoms with Gasteiger partial charge in [0.15, 0.2) is 0 Å². The van der Waals surface area contributed by atoms with Crippen molar-refractivity contribution in [2.75, 3.05) is 13.1 Å². The number of piperidine rings is 1. The van der Waals surface area contributed by atoms with Crippen LogP contribution in [0.5, 0.6) is 0 Å². The first-order chi connectivity index (χ1) is 12.2. The smallest absolute Gasteiger partial charge is 0.265 e. The lowest BCUT2D eigenvalue weighted by atomic mass is 9.94. The molecule has 1 fully saturated rings. The standard InChI is InChI=1S/C17H18N4O2S2/c1-11-15(25-10-18-11)17(22)21-5-2-3-12(8-21)7-14-19-16(20-23-14)13-4-6-24-9-13/h4,6,9-10,12H,2-3,5,7-8H2,1H3/t12-/m1/s1. The molecule has 1 aliphatic heterocycles. The Kier molecular flexibility index (Phi) is 4.63. The Morgan fingerprint density at radius 2 is 2.40 bits per heavy atom. The monoisotopic (exact) mass is 374 g/mol. The van der Waals surface area contributed by atoms with Crippen LogP contribution in [0.3, 0.4) is 0 Å². The van der Waals surface area contributed by atoms with E-state index >= 15 is 0 Å². The van der Waals surface area contributed by atoms with E-state index < -0.39 is 0 Å². The third kappa shape index (κ3) is 3.50. The van der Waals surface area contributed by atoms with Crippen molar-refractivity contribution >= 4 is 28.6 Å². The molecular formula is C17H18N4O2S2. The molecule has 0 spiro atoms. The Hall–Kier alpha value is -2.06. The minimum Gasteiger partial charge on any atom is -0.339 e. The molecule has 8 heteroatoms. The predicted octanol–water partition coefficient (Wildman–Crippen LogP) is 3.66. The number of hydrogen-bond donors (Lipinski definition) is 0. The quantitative estimate of drug-likeness (QED) is 0.697. The lowest BCUT2D eigenvalue weighted by Gasteiger charge is -2.32. The number of rotatable bonds is 4. The summed E-state index contributed by atoms with van der Waals surface area (Å²) in [5.74, 6) is 1.73. The fourth-order valence-electron chi connectivity index (χ4n) is 3.16. The first kappa shape index (κ1) is 16.4. The highest BCUT2D eigenvalue weighted by Crippen LogP contribution is 2.25. The van der Waals surface area contributed by atoms with Gasteiger partial charge in [-0.2, -0.15) is 16.3 Å². The molecule has 6 nitrogen and oxygen atoms in total. The summed E-state index contributed by atoms with van der Waals surface area (Å²) < 4.78 is 5.41. The Balaban J connectivity index is 1.42. The highest BCUT2D eigenvalue weighted by molar-refractivity contribution is 7.11. The zero-order valence-corrected chi connectivity index (χ0v) is 15.5. The molecule has 1 aliphatic rings. The number of carbonyl (C=O) groups is 1. The van der Waals surface area contributed by atoms with Crippen molar-refractivity contribution in [3.63, 3.8) is 0 Å². The van der Waals surface area contributed by atoms with Crippen molar-refractivity contribution in [1.82, 2.24) is 20.0 Å². The van der Waals surface area contributed by atoms with Gasteiger partial charge in [-0.25, -0.2) is 4.98 Å². The summed E-state index contributed by atoms with van der Waals surface area (Å²) in [5, 5.41) is 8.07. The van der Waals surface area contributed by atoms with Crippen LogP contribution in [0.2, 0.25) is 0 Å². The molecule has 1 atom stereocenters. The van der Waals surface area contributed by atoms with Gasteiger partial charge < -0.3 is 9.42 Å². The molecule has 0 aromatic carbocycles. The molecule has 3 aromatic heterocycles. The van der Waals surface area contributed by atoms with Gasteiger partial charge in [0.2, 0.25) is 11.7 Å². The van der Waals surface area contributed by atoms with Crippen molar-refractivity contribution in [3.05, 3.63) is 38.8 Å². The number of thiophene rings is 1. The van der Waals surface area contributed by atoms with E-state index in [1.807, 2.05) is 28.7 Å². The topological polar surface area (TPSA) is 72.1 Å². The molecule has 25 heavy (non-hydrogen) atoms. The van der Waals surface area contributed by atoms with E-state index in [9.17, 15) is 4.79 Å². The van der Waals surface area contributed by atoms with E-state index in [2.05, 4.69) is 15.1 Å². The molecular weight excluding hydrogens is 356 g/mol. The van der Waals surface area contributed by atoms with Crippen LogP contribution in [0, 0.1) is 12.8 Å². The molecule has 0 bridgehead atoms. The number of thiazole rings is 1. The minimum atomic E-state index is 0.0918. The van der Waals surface area contributed by atoms with Crippen molar-refractivity contribution in [1.29, 1.82) is 0 Å². The third-order valence-electron chi connectivity index (χ3n) is 4.46. The van der Waals surface area contributed by atoms with E-state index in [-0.39, 0.29) is 5.91 Å². The van der Waals surface area contributed by atoms with Crippen molar-refractivity contribution in [2.45, 2.75) is 26.2 Å². The maximum absolute atomic E-state index is 12.7. The molecule has 0 radical (unpaired) electrons. The zero-order chi connectivity index (χ0) is 17.2. The Bertz CT molecular complexity index is 856. The van der Waals surface area contributed by atoms with Crippen LogP contribution in [0.1, 0.15) is 34.1 Å². The number of likely N-dealkylation sites (tertiary alicyclic amines) is 1. The van der Waals surface area contributed by atoms with E-state index in [0.717, 1.165) is 42.1 Å². The van der Waals surface area contributed by atoms with Gasteiger partial charge in [-0.3, -0.25) is 4.79 Å². The molecule has 3 aromatic rings. The van der Waals surface area contributed by atoms with Crippen molar-refractivity contribution in [2.24, 2.45) is 5.92 Å². The second-order valence-electron chi connectivity index (χ2n) is 6.25. The molecule has 0 unspecified atom stereocenters. The Labute approximate surface area is 153 Å². The van der Waals surface area contributed by atoms with Gasteiger partial charge >= 0.3 is 0 Å². The second kappa shape index (κ2) is 7.05. The summed E-state index contributed by atoms with van der Waals surface area (Å²) in [6, 6.07) is 1.98. The number of amides is 1. The summed E-state index contributed by atoms with van der Waals surface area (Å²) >= 11 is 3.03. The lowest BCUT2D eigenvalue weighted by Crippen LogP contribution is -2.40. The van der Waals surface area contributed by atoms with Crippen molar-refractivity contribution in [3.8, 4) is 11.4 Å². The number of carbonyl (C=O) groups excluding carboxylic acids is 1. The van der Waals surface area contributed by atoms with Crippen LogP contribution >= 0.6 is 22.7 Å². The maximum Gasteiger partial charge on any atom is 0.265 e. The van der Waals surface area contributed by atoms with E-state index in [1.54, 1.807) is 16.8 Å². The highest BCUT2D eigenvalue weighted by Gasteiger charge is 2.27. The minimum absolute atomic E-state index is 0.0918. The molecule has 0 saturated carbocycles. The Morgan fingerprint density at radius 1 is 1.48 bits per heavy atom. The number of aromatic nitrogens is 3. The largest absolute Gasteiger partial charge is 0.339 e. The van der Waals surface area contributed by atoms with E-state index in [0.29, 0.717) is 24.1 Å². The predicted molar refractivity (Wildman–Crippen MR) is 96.8 cm³/mol. The first-order valence-electron chi connectivity index (χ1n) is 8.25. The average Bonchev–Trinajstić information content (AvgIpc) is 3.35. The number of hydrogen-bond acceptors (Lipinski definition) is 7. The average molecular weight is 374 g/mol.